The summed E-state index contributed by atoms with van der Waals surface area (Å²) in [6, 6.07) is 5.46. The number of nitrogens with two attached hydrogens (primary N) is 1. The number of esters is 1. The molecule has 2 N–H and O–H groups in total. The quantitative estimate of drug-likeness (QED) is 0.574. The minimum absolute atomic E-state index is 0.320. The molecule has 1 fully saturated rings. The number of nitrogen functional groups attached to an aromatic ring is 1. The zero-order chi connectivity index (χ0) is 10.1. The van der Waals surface area contributed by atoms with E-state index in [0.29, 0.717) is 17.2 Å². The van der Waals surface area contributed by atoms with Crippen LogP contribution in [0, 0.1) is 0 Å². The molecule has 1 aromatic rings. The molecule has 2 rings (SSSR count). The summed E-state index contributed by atoms with van der Waals surface area (Å²) in [7, 11) is 1.38. The van der Waals surface area contributed by atoms with Gasteiger partial charge in [0.25, 0.3) is 0 Å². The van der Waals surface area contributed by atoms with Gasteiger partial charge in [-0.2, -0.15) is 0 Å². The van der Waals surface area contributed by atoms with Gasteiger partial charge in [-0.15, -0.1) is 0 Å². The van der Waals surface area contributed by atoms with E-state index < -0.39 is 0 Å². The molecule has 0 atom stereocenters. The van der Waals surface area contributed by atoms with E-state index in [0.717, 1.165) is 5.56 Å². The van der Waals surface area contributed by atoms with Gasteiger partial charge >= 0.3 is 5.97 Å². The van der Waals surface area contributed by atoms with Gasteiger partial charge in [-0.25, -0.2) is 4.79 Å². The molecule has 0 amide bonds. The summed E-state index contributed by atoms with van der Waals surface area (Å²) in [6.45, 7) is 0. The van der Waals surface area contributed by atoms with Crippen LogP contribution in [0.5, 0.6) is 0 Å². The van der Waals surface area contributed by atoms with Gasteiger partial charge in [-0.05, 0) is 42.5 Å². The predicted molar refractivity (Wildman–Crippen MR) is 54.2 cm³/mol. The average Bonchev–Trinajstić information content (AvgIpc) is 2.98. The Balaban J connectivity index is 2.35. The smallest absolute Gasteiger partial charge is 0.337 e. The van der Waals surface area contributed by atoms with Crippen molar-refractivity contribution in [2.45, 2.75) is 18.8 Å². The highest BCUT2D eigenvalue weighted by Crippen LogP contribution is 2.40. The molecule has 0 radical (unpaired) electrons. The van der Waals surface area contributed by atoms with Crippen molar-refractivity contribution >= 4 is 11.7 Å². The standard InChI is InChI=1S/C11H13NO2/c1-14-11(13)9-4-8(7-2-3-7)5-10(12)6-9/h4-7H,2-3,12H2,1H3. The summed E-state index contributed by atoms with van der Waals surface area (Å²) in [5.41, 5.74) is 8.05. The molecule has 0 heterocycles. The van der Waals surface area contributed by atoms with Gasteiger partial charge in [-0.1, -0.05) is 0 Å². The number of methoxy groups -OCH3 is 1. The molecular formula is C11H13NO2. The third-order valence-electron chi connectivity index (χ3n) is 2.45. The van der Waals surface area contributed by atoms with Gasteiger partial charge in [0.05, 0.1) is 12.7 Å². The monoisotopic (exact) mass is 191 g/mol. The topological polar surface area (TPSA) is 52.3 Å². The molecule has 0 bridgehead atoms. The molecular weight excluding hydrogens is 178 g/mol. The van der Waals surface area contributed by atoms with Crippen LogP contribution in [0.4, 0.5) is 5.69 Å². The summed E-state index contributed by atoms with van der Waals surface area (Å²) < 4.78 is 4.65. The molecule has 1 aliphatic rings. The highest BCUT2D eigenvalue weighted by Gasteiger charge is 2.24. The molecule has 14 heavy (non-hydrogen) atoms. The maximum absolute atomic E-state index is 11.3. The van der Waals surface area contributed by atoms with Crippen LogP contribution in [0.25, 0.3) is 0 Å². The normalized spacial score (nSPS) is 15.2. The average molecular weight is 191 g/mol. The van der Waals surface area contributed by atoms with Crippen LogP contribution in [-0.4, -0.2) is 13.1 Å². The van der Waals surface area contributed by atoms with Crippen LogP contribution in [0.3, 0.4) is 0 Å². The molecule has 1 saturated carbocycles. The van der Waals surface area contributed by atoms with E-state index in [2.05, 4.69) is 4.74 Å². The molecule has 0 saturated heterocycles. The maximum Gasteiger partial charge on any atom is 0.337 e. The van der Waals surface area contributed by atoms with Gasteiger partial charge in [0.1, 0.15) is 0 Å². The predicted octanol–water partition coefficient (Wildman–Crippen LogP) is 1.93. The molecule has 1 aromatic carbocycles. The van der Waals surface area contributed by atoms with Crippen molar-refractivity contribution in [3.8, 4) is 0 Å². The van der Waals surface area contributed by atoms with Gasteiger partial charge in [-0.3, -0.25) is 0 Å². The fraction of sp³-hybridized carbons (Fsp3) is 0.364. The Labute approximate surface area is 82.9 Å². The number of carbonyl (C=O) groups excluding carboxylic acids is 1. The summed E-state index contributed by atoms with van der Waals surface area (Å²) in [5.74, 6) is 0.279. The lowest BCUT2D eigenvalue weighted by atomic mass is 10.1. The first-order valence-electron chi connectivity index (χ1n) is 4.69. The maximum atomic E-state index is 11.3. The number of benzene rings is 1. The molecule has 0 aliphatic heterocycles. The molecule has 3 heteroatoms. The Bertz CT molecular complexity index is 370. The first-order chi connectivity index (χ1) is 6.70. The first kappa shape index (κ1) is 9.06. The van der Waals surface area contributed by atoms with Gasteiger partial charge in [0, 0.05) is 5.69 Å². The highest BCUT2D eigenvalue weighted by molar-refractivity contribution is 5.90. The number of hydrogen-bond acceptors (Lipinski definition) is 3. The summed E-state index contributed by atoms with van der Waals surface area (Å²) in [4.78, 5) is 11.3. The molecule has 0 aromatic heterocycles. The van der Waals surface area contributed by atoms with Crippen LogP contribution < -0.4 is 5.73 Å². The van der Waals surface area contributed by atoms with Gasteiger partial charge in [0.2, 0.25) is 0 Å². The second-order valence-electron chi connectivity index (χ2n) is 3.65. The van der Waals surface area contributed by atoms with Crippen molar-refractivity contribution < 1.29 is 9.53 Å². The lowest BCUT2D eigenvalue weighted by molar-refractivity contribution is 0.0600. The Morgan fingerprint density at radius 2 is 2.14 bits per heavy atom. The van der Waals surface area contributed by atoms with Crippen molar-refractivity contribution in [2.75, 3.05) is 12.8 Å². The largest absolute Gasteiger partial charge is 0.465 e. The molecule has 1 aliphatic carbocycles. The molecule has 0 spiro atoms. The fourth-order valence-corrected chi connectivity index (χ4v) is 1.56. The van der Waals surface area contributed by atoms with E-state index in [1.54, 1.807) is 6.07 Å². The summed E-state index contributed by atoms with van der Waals surface area (Å²) in [5, 5.41) is 0. The number of ether oxygens (including phenoxy) is 1. The second-order valence-corrected chi connectivity index (χ2v) is 3.65. The highest BCUT2D eigenvalue weighted by atomic mass is 16.5. The second kappa shape index (κ2) is 3.33. The molecule has 0 unspecified atom stereocenters. The minimum atomic E-state index is -0.320. The van der Waals surface area contributed by atoms with Crippen molar-refractivity contribution in [3.63, 3.8) is 0 Å². The van der Waals surface area contributed by atoms with Crippen LogP contribution in [0.15, 0.2) is 18.2 Å². The fourth-order valence-electron chi connectivity index (χ4n) is 1.56. The van der Waals surface area contributed by atoms with Crippen molar-refractivity contribution in [2.24, 2.45) is 0 Å². The van der Waals surface area contributed by atoms with Crippen LogP contribution in [0.1, 0.15) is 34.7 Å². The zero-order valence-electron chi connectivity index (χ0n) is 8.12. The SMILES string of the molecule is COC(=O)c1cc(N)cc(C2CC2)c1. The van der Waals surface area contributed by atoms with E-state index in [1.807, 2.05) is 12.1 Å². The number of hydrogen-bond donors (Lipinski definition) is 1. The lowest BCUT2D eigenvalue weighted by Crippen LogP contribution is -2.03. The Hall–Kier alpha value is -1.51. The van der Waals surface area contributed by atoms with Gasteiger partial charge < -0.3 is 10.5 Å². The van der Waals surface area contributed by atoms with E-state index in [9.17, 15) is 4.79 Å². The van der Waals surface area contributed by atoms with Gasteiger partial charge in [0.15, 0.2) is 0 Å². The third-order valence-corrected chi connectivity index (χ3v) is 2.45. The lowest BCUT2D eigenvalue weighted by Gasteiger charge is -2.04. The number of carbonyl (C=O) groups is 1. The van der Waals surface area contributed by atoms with E-state index in [1.165, 1.54) is 20.0 Å². The van der Waals surface area contributed by atoms with E-state index in [4.69, 9.17) is 5.73 Å². The molecule has 3 nitrogen and oxygen atoms in total. The third kappa shape index (κ3) is 1.71. The Kier molecular flexibility index (Phi) is 2.15. The van der Waals surface area contributed by atoms with Crippen LogP contribution in [-0.2, 0) is 4.74 Å². The zero-order valence-corrected chi connectivity index (χ0v) is 8.12. The van der Waals surface area contributed by atoms with Crippen LogP contribution >= 0.6 is 0 Å². The number of anilines is 1. The Morgan fingerprint density at radius 1 is 1.43 bits per heavy atom. The van der Waals surface area contributed by atoms with Crippen molar-refractivity contribution in [3.05, 3.63) is 29.3 Å². The van der Waals surface area contributed by atoms with Crippen LogP contribution in [0.2, 0.25) is 0 Å². The minimum Gasteiger partial charge on any atom is -0.465 e. The first-order valence-corrected chi connectivity index (χ1v) is 4.69. The summed E-state index contributed by atoms with van der Waals surface area (Å²) >= 11 is 0. The van der Waals surface area contributed by atoms with E-state index in [-0.39, 0.29) is 5.97 Å². The van der Waals surface area contributed by atoms with Crippen molar-refractivity contribution in [1.82, 2.24) is 0 Å². The summed E-state index contributed by atoms with van der Waals surface area (Å²) in [6.07, 6.45) is 2.40. The Morgan fingerprint density at radius 3 is 2.71 bits per heavy atom. The molecule has 74 valence electrons. The van der Waals surface area contributed by atoms with Crippen molar-refractivity contribution in [1.29, 1.82) is 0 Å². The number of rotatable bonds is 2. The van der Waals surface area contributed by atoms with E-state index >= 15 is 0 Å².